The van der Waals surface area contributed by atoms with Crippen molar-refractivity contribution < 1.29 is 0 Å². The van der Waals surface area contributed by atoms with Crippen LogP contribution in [-0.2, 0) is 0 Å². The third-order valence-corrected chi connectivity index (χ3v) is 5.70. The molecule has 30 heavy (non-hydrogen) atoms. The Kier molecular flexibility index (Phi) is 8.12. The molecule has 3 heterocycles. The van der Waals surface area contributed by atoms with Crippen molar-refractivity contribution >= 4 is 5.69 Å². The van der Waals surface area contributed by atoms with Crippen LogP contribution in [0, 0.1) is 18.9 Å². The van der Waals surface area contributed by atoms with E-state index in [-0.39, 0.29) is 0 Å². The van der Waals surface area contributed by atoms with Crippen LogP contribution in [0.4, 0.5) is 5.69 Å². The van der Waals surface area contributed by atoms with Crippen molar-refractivity contribution in [3.05, 3.63) is 59.2 Å². The zero-order chi connectivity index (χ0) is 21.3. The topological polar surface area (TPSA) is 43.4 Å². The second-order valence-electron chi connectivity index (χ2n) is 8.23. The molecule has 1 aromatic heterocycles. The monoisotopic (exact) mass is 405 g/mol. The number of anilines is 1. The number of likely N-dealkylation sites (tertiary alicyclic amines) is 1. The van der Waals surface area contributed by atoms with Crippen molar-refractivity contribution in [2.45, 2.75) is 46.1 Å². The molecular formula is C25H35N5. The van der Waals surface area contributed by atoms with Crippen LogP contribution in [-0.4, -0.2) is 54.1 Å². The maximum Gasteiger partial charge on any atom is 0.0903 e. The fourth-order valence-corrected chi connectivity index (χ4v) is 3.83. The van der Waals surface area contributed by atoms with E-state index >= 15 is 0 Å². The summed E-state index contributed by atoms with van der Waals surface area (Å²) in [6, 6.07) is 7.66. The first kappa shape index (κ1) is 22.1. The van der Waals surface area contributed by atoms with Gasteiger partial charge in [0.2, 0.25) is 0 Å². The van der Waals surface area contributed by atoms with Gasteiger partial charge in [0.25, 0.3) is 0 Å². The molecule has 5 nitrogen and oxygen atoms in total. The highest BCUT2D eigenvalue weighted by Gasteiger charge is 2.17. The van der Waals surface area contributed by atoms with Gasteiger partial charge in [-0.25, -0.2) is 0 Å². The Morgan fingerprint density at radius 1 is 1.33 bits per heavy atom. The number of nitrogens with one attached hydrogen (secondary N) is 2. The average Bonchev–Trinajstić information content (AvgIpc) is 3.13. The van der Waals surface area contributed by atoms with E-state index in [1.54, 1.807) is 6.20 Å². The van der Waals surface area contributed by atoms with E-state index in [1.807, 2.05) is 19.1 Å². The van der Waals surface area contributed by atoms with Crippen LogP contribution in [0.5, 0.6) is 0 Å². The van der Waals surface area contributed by atoms with Gasteiger partial charge in [-0.1, -0.05) is 11.6 Å². The summed E-state index contributed by atoms with van der Waals surface area (Å²) < 4.78 is 0. The number of pyridine rings is 1. The molecule has 160 valence electrons. The van der Waals surface area contributed by atoms with Gasteiger partial charge < -0.3 is 20.4 Å². The highest BCUT2D eigenvalue weighted by Crippen LogP contribution is 2.24. The minimum Gasteiger partial charge on any atom is -0.338 e. The molecule has 0 spiro atoms. The van der Waals surface area contributed by atoms with Gasteiger partial charge in [-0.05, 0) is 84.0 Å². The van der Waals surface area contributed by atoms with E-state index < -0.39 is 0 Å². The summed E-state index contributed by atoms with van der Waals surface area (Å²) in [5.41, 5.74) is 5.70. The quantitative estimate of drug-likeness (QED) is 0.555. The van der Waals surface area contributed by atoms with Crippen LogP contribution >= 0.6 is 0 Å². The van der Waals surface area contributed by atoms with Crippen LogP contribution in [0.2, 0.25) is 0 Å². The molecule has 2 N–H and O–H groups in total. The average molecular weight is 406 g/mol. The molecule has 0 aliphatic carbocycles. The molecule has 0 radical (unpaired) electrons. The van der Waals surface area contributed by atoms with Crippen molar-refractivity contribution in [3.8, 4) is 12.0 Å². The summed E-state index contributed by atoms with van der Waals surface area (Å²) in [6.07, 6.45) is 11.9. The summed E-state index contributed by atoms with van der Waals surface area (Å²) in [7, 11) is 2.21. The molecule has 1 saturated heterocycles. The first-order valence-electron chi connectivity index (χ1n) is 11.0. The highest BCUT2D eigenvalue weighted by molar-refractivity contribution is 5.50. The normalized spacial score (nSPS) is 19.6. The van der Waals surface area contributed by atoms with Gasteiger partial charge in [-0.3, -0.25) is 4.98 Å². The predicted octanol–water partition coefficient (Wildman–Crippen LogP) is 3.89. The number of allylic oxidation sites excluding steroid dienone is 4. The van der Waals surface area contributed by atoms with E-state index in [9.17, 15) is 0 Å². The molecular weight excluding hydrogens is 370 g/mol. The highest BCUT2D eigenvalue weighted by atomic mass is 15.2. The van der Waals surface area contributed by atoms with Gasteiger partial charge in [0, 0.05) is 54.9 Å². The third-order valence-electron chi connectivity index (χ3n) is 5.70. The van der Waals surface area contributed by atoms with Gasteiger partial charge in [0.1, 0.15) is 0 Å². The molecule has 0 amide bonds. The smallest absolute Gasteiger partial charge is 0.0903 e. The SMILES string of the molecule is CCN1C(C#CNc2ccnc(C)c2)=CC/C1=C\C=C(/C)CNC1CCN(C)CC1. The fourth-order valence-electron chi connectivity index (χ4n) is 3.83. The fraction of sp³-hybridized carbons (Fsp3) is 0.480. The zero-order valence-electron chi connectivity index (χ0n) is 18.8. The first-order valence-corrected chi connectivity index (χ1v) is 11.0. The number of nitrogens with zero attached hydrogens (tertiary/aromatic N) is 3. The van der Waals surface area contributed by atoms with Crippen LogP contribution < -0.4 is 10.6 Å². The van der Waals surface area contributed by atoms with Crippen LogP contribution in [0.25, 0.3) is 0 Å². The summed E-state index contributed by atoms with van der Waals surface area (Å²) in [5, 5.41) is 6.87. The number of rotatable bonds is 6. The molecule has 1 aromatic rings. The molecule has 0 aromatic carbocycles. The number of hydrogen-bond donors (Lipinski definition) is 2. The van der Waals surface area contributed by atoms with Gasteiger partial charge in [0.05, 0.1) is 5.70 Å². The molecule has 2 aliphatic rings. The summed E-state index contributed by atoms with van der Waals surface area (Å²) >= 11 is 0. The Bertz CT molecular complexity index is 863. The minimum atomic E-state index is 0.649. The predicted molar refractivity (Wildman–Crippen MR) is 126 cm³/mol. The van der Waals surface area contributed by atoms with E-state index in [0.717, 1.165) is 36.6 Å². The number of hydrogen-bond acceptors (Lipinski definition) is 5. The maximum absolute atomic E-state index is 4.21. The minimum absolute atomic E-state index is 0.649. The molecule has 0 atom stereocenters. The Labute approximate surface area is 181 Å². The molecule has 3 rings (SSSR count). The second-order valence-corrected chi connectivity index (χ2v) is 8.23. The Morgan fingerprint density at radius 2 is 2.13 bits per heavy atom. The van der Waals surface area contributed by atoms with E-state index in [4.69, 9.17) is 0 Å². The maximum atomic E-state index is 4.21. The number of piperidine rings is 1. The molecule has 0 unspecified atom stereocenters. The lowest BCUT2D eigenvalue weighted by Crippen LogP contribution is -2.41. The molecule has 2 aliphatic heterocycles. The summed E-state index contributed by atoms with van der Waals surface area (Å²) in [4.78, 5) is 8.91. The van der Waals surface area contributed by atoms with Gasteiger partial charge in [-0.15, -0.1) is 0 Å². The second kappa shape index (κ2) is 11.0. The van der Waals surface area contributed by atoms with E-state index in [0.29, 0.717) is 6.04 Å². The summed E-state index contributed by atoms with van der Waals surface area (Å²) in [6.45, 7) is 10.6. The lowest BCUT2D eigenvalue weighted by atomic mass is 10.1. The van der Waals surface area contributed by atoms with Crippen molar-refractivity contribution in [2.75, 3.05) is 38.5 Å². The van der Waals surface area contributed by atoms with Crippen LogP contribution in [0.15, 0.2) is 53.5 Å². The van der Waals surface area contributed by atoms with Crippen molar-refractivity contribution in [1.82, 2.24) is 20.1 Å². The number of aromatic nitrogens is 1. The molecule has 0 saturated carbocycles. The first-order chi connectivity index (χ1) is 14.5. The van der Waals surface area contributed by atoms with E-state index in [2.05, 4.69) is 76.5 Å². The van der Waals surface area contributed by atoms with Gasteiger partial charge in [-0.2, -0.15) is 0 Å². The number of aryl methyl sites for hydroxylation is 1. The third kappa shape index (κ3) is 6.48. The Balaban J connectivity index is 1.52. The Hall–Kier alpha value is -2.55. The van der Waals surface area contributed by atoms with E-state index in [1.165, 1.54) is 37.2 Å². The van der Waals surface area contributed by atoms with Gasteiger partial charge in [0.15, 0.2) is 0 Å². The molecule has 5 heteroatoms. The van der Waals surface area contributed by atoms with Crippen LogP contribution in [0.3, 0.4) is 0 Å². The lowest BCUT2D eigenvalue weighted by Gasteiger charge is -2.29. The Morgan fingerprint density at radius 3 is 2.87 bits per heavy atom. The van der Waals surface area contributed by atoms with Gasteiger partial charge >= 0.3 is 0 Å². The van der Waals surface area contributed by atoms with Crippen LogP contribution in [0.1, 0.15) is 38.8 Å². The van der Waals surface area contributed by atoms with Crippen molar-refractivity contribution in [1.29, 1.82) is 0 Å². The van der Waals surface area contributed by atoms with Crippen molar-refractivity contribution in [2.24, 2.45) is 0 Å². The largest absolute Gasteiger partial charge is 0.338 e. The van der Waals surface area contributed by atoms with Crippen molar-refractivity contribution in [3.63, 3.8) is 0 Å². The molecule has 1 fully saturated rings. The lowest BCUT2D eigenvalue weighted by molar-refractivity contribution is 0.237. The zero-order valence-corrected chi connectivity index (χ0v) is 18.8. The molecule has 0 bridgehead atoms. The standard InChI is InChI=1S/C25H35N5/c1-5-30-24(7-6-20(2)19-28-22-12-16-29(4)17-13-22)8-9-25(30)11-15-27-23-10-14-26-21(3)18-23/h6-7,9-10,14,18,22,28H,5,8,12-13,16-17,19H2,1-4H3,(H,26,27)/b20-6+,24-7+. The summed E-state index contributed by atoms with van der Waals surface area (Å²) in [5.74, 6) is 3.27.